The molecule has 0 spiro atoms. The van der Waals surface area contributed by atoms with E-state index in [2.05, 4.69) is 47.0 Å². The Labute approximate surface area is 200 Å². The van der Waals surface area contributed by atoms with Crippen molar-refractivity contribution < 1.29 is 9.53 Å². The molecule has 1 amide bonds. The third-order valence-corrected chi connectivity index (χ3v) is 6.85. The average Bonchev–Trinajstić information content (AvgIpc) is 3.60. The van der Waals surface area contributed by atoms with Crippen LogP contribution in [0.1, 0.15) is 47.3 Å². The number of hydrogen-bond acceptors (Lipinski definition) is 5. The Bertz CT molecular complexity index is 1250. The number of methoxy groups -OCH3 is 1. The van der Waals surface area contributed by atoms with Gasteiger partial charge in [0, 0.05) is 49.2 Å². The third kappa shape index (κ3) is 4.58. The number of fused-ring (bicyclic) bond motifs is 1. The fourth-order valence-electron chi connectivity index (χ4n) is 4.45. The van der Waals surface area contributed by atoms with Crippen LogP contribution >= 0.6 is 0 Å². The van der Waals surface area contributed by atoms with Gasteiger partial charge >= 0.3 is 0 Å². The van der Waals surface area contributed by atoms with E-state index >= 15 is 0 Å². The van der Waals surface area contributed by atoms with Gasteiger partial charge in [0.15, 0.2) is 5.69 Å². The number of aryl methyl sites for hydroxylation is 2. The molecule has 6 nitrogen and oxygen atoms in total. The normalized spacial score (nSPS) is 16.8. The zero-order valence-corrected chi connectivity index (χ0v) is 20.0. The molecule has 0 bridgehead atoms. The molecule has 1 aliphatic heterocycles. The van der Waals surface area contributed by atoms with Crippen LogP contribution in [0.2, 0.25) is 0 Å². The van der Waals surface area contributed by atoms with Gasteiger partial charge in [0.1, 0.15) is 11.5 Å². The Balaban J connectivity index is 1.38. The Kier molecular flexibility index (Phi) is 6.14. The van der Waals surface area contributed by atoms with Crippen LogP contribution in [0.15, 0.2) is 70.8 Å². The number of amides is 1. The van der Waals surface area contributed by atoms with E-state index in [1.54, 1.807) is 19.5 Å². The van der Waals surface area contributed by atoms with Gasteiger partial charge in [-0.1, -0.05) is 12.1 Å². The van der Waals surface area contributed by atoms with Gasteiger partial charge < -0.3 is 9.64 Å². The number of ether oxygens (including phenoxy) is 1. The molecule has 1 fully saturated rings. The molecule has 2 aromatic rings. The first-order valence-corrected chi connectivity index (χ1v) is 11.9. The highest BCUT2D eigenvalue weighted by molar-refractivity contribution is 6.08. The molecule has 2 heterocycles. The molecule has 1 aromatic heterocycles. The molecular weight excluding hydrogens is 424 g/mol. The van der Waals surface area contributed by atoms with Crippen LogP contribution in [-0.2, 0) is 4.74 Å². The summed E-state index contributed by atoms with van der Waals surface area (Å²) < 4.78 is 5.42. The van der Waals surface area contributed by atoms with Crippen LogP contribution in [0.4, 0.5) is 0 Å². The van der Waals surface area contributed by atoms with Gasteiger partial charge in [0.2, 0.25) is 0 Å². The van der Waals surface area contributed by atoms with E-state index in [-0.39, 0.29) is 5.91 Å². The van der Waals surface area contributed by atoms with Gasteiger partial charge in [-0.15, -0.1) is 0 Å². The Hall–Kier alpha value is -3.54. The second kappa shape index (κ2) is 9.37. The SMILES string of the molecule is COC1=CCC2=NC=C(CCN(CC3CC3)C(=O)c3nccnc3-c3ccc(C)c(C)c3)C2=C1. The van der Waals surface area contributed by atoms with E-state index in [1.807, 2.05) is 23.2 Å². The Morgan fingerprint density at radius 2 is 1.97 bits per heavy atom. The van der Waals surface area contributed by atoms with Crippen molar-refractivity contribution in [2.24, 2.45) is 10.9 Å². The summed E-state index contributed by atoms with van der Waals surface area (Å²) in [5.41, 5.74) is 7.73. The van der Waals surface area contributed by atoms with E-state index in [1.165, 1.54) is 24.0 Å². The van der Waals surface area contributed by atoms with Gasteiger partial charge in [-0.25, -0.2) is 4.98 Å². The van der Waals surface area contributed by atoms with Gasteiger partial charge in [0.25, 0.3) is 5.91 Å². The molecule has 0 saturated heterocycles. The molecule has 1 saturated carbocycles. The highest BCUT2D eigenvalue weighted by Crippen LogP contribution is 2.33. The van der Waals surface area contributed by atoms with E-state index < -0.39 is 0 Å². The van der Waals surface area contributed by atoms with Crippen molar-refractivity contribution in [2.45, 2.75) is 39.5 Å². The topological polar surface area (TPSA) is 67.7 Å². The molecular formula is C28H30N4O2. The summed E-state index contributed by atoms with van der Waals surface area (Å²) in [5.74, 6) is 1.39. The van der Waals surface area contributed by atoms with Crippen molar-refractivity contribution in [2.75, 3.05) is 20.2 Å². The van der Waals surface area contributed by atoms with Crippen LogP contribution in [0.25, 0.3) is 11.3 Å². The predicted octanol–water partition coefficient (Wildman–Crippen LogP) is 5.20. The lowest BCUT2D eigenvalue weighted by Gasteiger charge is -2.24. The van der Waals surface area contributed by atoms with Crippen LogP contribution in [0.5, 0.6) is 0 Å². The molecule has 0 unspecified atom stereocenters. The van der Waals surface area contributed by atoms with Crippen molar-refractivity contribution in [3.05, 3.63) is 82.7 Å². The summed E-state index contributed by atoms with van der Waals surface area (Å²) in [6.07, 6.45) is 13.2. The number of carbonyl (C=O) groups excluding carboxylic acids is 1. The van der Waals surface area contributed by atoms with Gasteiger partial charge in [-0.3, -0.25) is 14.8 Å². The summed E-state index contributed by atoms with van der Waals surface area (Å²) in [6, 6.07) is 6.17. The Morgan fingerprint density at radius 3 is 2.74 bits per heavy atom. The molecule has 0 radical (unpaired) electrons. The molecule has 6 heteroatoms. The average molecular weight is 455 g/mol. The minimum Gasteiger partial charge on any atom is -0.497 e. The van der Waals surface area contributed by atoms with Crippen molar-refractivity contribution in [3.63, 3.8) is 0 Å². The van der Waals surface area contributed by atoms with Crippen LogP contribution < -0.4 is 0 Å². The minimum absolute atomic E-state index is 0.0527. The summed E-state index contributed by atoms with van der Waals surface area (Å²) in [6.45, 7) is 5.53. The maximum absolute atomic E-state index is 13.8. The second-order valence-electron chi connectivity index (χ2n) is 9.30. The first-order chi connectivity index (χ1) is 16.5. The lowest BCUT2D eigenvalue weighted by molar-refractivity contribution is 0.0744. The fourth-order valence-corrected chi connectivity index (χ4v) is 4.45. The predicted molar refractivity (Wildman–Crippen MR) is 133 cm³/mol. The number of hydrogen-bond donors (Lipinski definition) is 0. The zero-order valence-electron chi connectivity index (χ0n) is 20.0. The molecule has 5 rings (SSSR count). The van der Waals surface area contributed by atoms with Crippen LogP contribution in [0.3, 0.4) is 0 Å². The highest BCUT2D eigenvalue weighted by atomic mass is 16.5. The lowest BCUT2D eigenvalue weighted by Crippen LogP contribution is -2.35. The summed E-state index contributed by atoms with van der Waals surface area (Å²) in [5, 5.41) is 0. The monoisotopic (exact) mass is 454 g/mol. The van der Waals surface area contributed by atoms with E-state index in [4.69, 9.17) is 4.74 Å². The molecule has 0 atom stereocenters. The van der Waals surface area contributed by atoms with Crippen molar-refractivity contribution in [1.29, 1.82) is 0 Å². The molecule has 0 N–H and O–H groups in total. The van der Waals surface area contributed by atoms with Gasteiger partial charge in [-0.05, 0) is 73.9 Å². The van der Waals surface area contributed by atoms with E-state index in [0.717, 1.165) is 47.6 Å². The van der Waals surface area contributed by atoms with E-state index in [9.17, 15) is 4.79 Å². The van der Waals surface area contributed by atoms with Gasteiger partial charge in [0.05, 0.1) is 12.8 Å². The maximum Gasteiger partial charge on any atom is 0.274 e. The summed E-state index contributed by atoms with van der Waals surface area (Å²) >= 11 is 0. The maximum atomic E-state index is 13.8. The minimum atomic E-state index is -0.0527. The van der Waals surface area contributed by atoms with Crippen molar-refractivity contribution in [1.82, 2.24) is 14.9 Å². The first kappa shape index (κ1) is 22.3. The first-order valence-electron chi connectivity index (χ1n) is 11.9. The molecule has 34 heavy (non-hydrogen) atoms. The van der Waals surface area contributed by atoms with Crippen LogP contribution in [-0.4, -0.2) is 46.7 Å². The number of carbonyl (C=O) groups is 1. The third-order valence-electron chi connectivity index (χ3n) is 6.85. The number of aromatic nitrogens is 2. The fraction of sp³-hybridized carbons (Fsp3) is 0.357. The summed E-state index contributed by atoms with van der Waals surface area (Å²) in [7, 11) is 1.69. The van der Waals surface area contributed by atoms with Crippen molar-refractivity contribution in [3.8, 4) is 11.3 Å². The summed E-state index contributed by atoms with van der Waals surface area (Å²) in [4.78, 5) is 29.4. The number of rotatable bonds is 8. The molecule has 174 valence electrons. The smallest absolute Gasteiger partial charge is 0.274 e. The van der Waals surface area contributed by atoms with E-state index in [0.29, 0.717) is 23.9 Å². The van der Waals surface area contributed by atoms with Gasteiger partial charge in [-0.2, -0.15) is 0 Å². The highest BCUT2D eigenvalue weighted by Gasteiger charge is 2.30. The number of aliphatic imine (C=N–C) groups is 1. The number of benzene rings is 1. The number of allylic oxidation sites excluding steroid dienone is 3. The second-order valence-corrected chi connectivity index (χ2v) is 9.30. The van der Waals surface area contributed by atoms with Crippen molar-refractivity contribution >= 4 is 11.6 Å². The zero-order chi connectivity index (χ0) is 23.7. The standard InChI is InChI=1S/C28H30N4O2/c1-18-4-7-21(14-19(18)2)26-27(30-12-11-29-26)28(33)32(17-20-5-6-20)13-10-22-16-31-25-9-8-23(34-3)15-24(22)25/h4,7-8,11-12,14-16,20H,5-6,9-10,13,17H2,1-3H3. The lowest BCUT2D eigenvalue weighted by atomic mass is 9.95. The van der Waals surface area contributed by atoms with Crippen LogP contribution in [0, 0.1) is 19.8 Å². The molecule has 3 aliphatic rings. The largest absolute Gasteiger partial charge is 0.497 e. The number of nitrogens with zero attached hydrogens (tertiary/aromatic N) is 4. The quantitative estimate of drug-likeness (QED) is 0.550. The molecule has 1 aromatic carbocycles. The molecule has 2 aliphatic carbocycles. The Morgan fingerprint density at radius 1 is 1.15 bits per heavy atom.